The van der Waals surface area contributed by atoms with Crippen molar-refractivity contribution in [3.63, 3.8) is 0 Å². The lowest BCUT2D eigenvalue weighted by Crippen LogP contribution is -2.20. The highest BCUT2D eigenvalue weighted by Crippen LogP contribution is 2.35. The smallest absolute Gasteiger partial charge is 0.253 e. The normalized spacial score (nSPS) is 22.4. The zero-order valence-electron chi connectivity index (χ0n) is 11.6. The fourth-order valence-corrected chi connectivity index (χ4v) is 2.95. The molecule has 0 aromatic carbocycles. The molecule has 104 valence electrons. The van der Waals surface area contributed by atoms with Gasteiger partial charge < -0.3 is 4.98 Å². The van der Waals surface area contributed by atoms with Crippen molar-refractivity contribution in [1.29, 1.82) is 0 Å². The lowest BCUT2D eigenvalue weighted by Gasteiger charge is -2.31. The predicted molar refractivity (Wildman–Crippen MR) is 83.0 cm³/mol. The predicted octanol–water partition coefficient (Wildman–Crippen LogP) is 3.94. The molecular formula is C16H17ClN2O. The van der Waals surface area contributed by atoms with Crippen molar-refractivity contribution in [3.8, 4) is 0 Å². The van der Waals surface area contributed by atoms with E-state index in [0.717, 1.165) is 16.9 Å². The van der Waals surface area contributed by atoms with Gasteiger partial charge in [0.15, 0.2) is 0 Å². The zero-order chi connectivity index (χ0) is 14.3. The molecule has 0 saturated heterocycles. The monoisotopic (exact) mass is 288 g/mol. The van der Waals surface area contributed by atoms with E-state index in [2.05, 4.69) is 23.0 Å². The molecule has 0 bridgehead atoms. The molecule has 3 rings (SSSR count). The molecule has 1 N–H and O–H groups in total. The summed E-state index contributed by atoms with van der Waals surface area (Å²) in [5.74, 6) is 1.34. The number of halogens is 1. The van der Waals surface area contributed by atoms with Crippen molar-refractivity contribution in [3.05, 3.63) is 44.8 Å². The zero-order valence-corrected chi connectivity index (χ0v) is 12.4. The van der Waals surface area contributed by atoms with Crippen molar-refractivity contribution >= 4 is 28.7 Å². The summed E-state index contributed by atoms with van der Waals surface area (Å²) in [6.07, 6.45) is 8.37. The first-order valence-corrected chi connectivity index (χ1v) is 7.31. The van der Waals surface area contributed by atoms with Crippen LogP contribution in [0.1, 0.15) is 30.9 Å². The molecule has 0 aliphatic heterocycles. The van der Waals surface area contributed by atoms with Crippen LogP contribution in [0.5, 0.6) is 0 Å². The van der Waals surface area contributed by atoms with Gasteiger partial charge in [-0.2, -0.15) is 0 Å². The Kier molecular flexibility index (Phi) is 3.38. The topological polar surface area (TPSA) is 45.8 Å². The van der Waals surface area contributed by atoms with E-state index in [0.29, 0.717) is 22.2 Å². The van der Waals surface area contributed by atoms with E-state index >= 15 is 0 Å². The number of hydrogen-bond donors (Lipinski definition) is 1. The van der Waals surface area contributed by atoms with Gasteiger partial charge in [0.25, 0.3) is 5.56 Å². The Labute approximate surface area is 122 Å². The maximum atomic E-state index is 12.0. The highest BCUT2D eigenvalue weighted by atomic mass is 35.5. The first-order valence-electron chi connectivity index (χ1n) is 6.93. The number of nitrogens with one attached hydrogen (secondary N) is 1. The molecule has 2 atom stereocenters. The van der Waals surface area contributed by atoms with E-state index in [9.17, 15) is 4.79 Å². The third kappa shape index (κ3) is 2.16. The van der Waals surface area contributed by atoms with E-state index in [1.165, 1.54) is 12.8 Å². The molecular weight excluding hydrogens is 272 g/mol. The van der Waals surface area contributed by atoms with Gasteiger partial charge in [-0.05, 0) is 43.2 Å². The van der Waals surface area contributed by atoms with E-state index in [-0.39, 0.29) is 5.56 Å². The average molecular weight is 289 g/mol. The Morgan fingerprint density at radius 2 is 2.25 bits per heavy atom. The van der Waals surface area contributed by atoms with Crippen LogP contribution in [0.3, 0.4) is 0 Å². The quantitative estimate of drug-likeness (QED) is 0.909. The molecule has 2 aromatic heterocycles. The fraction of sp³-hybridized carbons (Fsp3) is 0.375. The molecule has 2 aromatic rings. The molecule has 1 saturated carbocycles. The van der Waals surface area contributed by atoms with Gasteiger partial charge in [0.2, 0.25) is 0 Å². The van der Waals surface area contributed by atoms with E-state index in [4.69, 9.17) is 11.6 Å². The maximum absolute atomic E-state index is 12.0. The molecule has 1 aliphatic carbocycles. The summed E-state index contributed by atoms with van der Waals surface area (Å²) in [4.78, 5) is 19.0. The molecule has 0 spiro atoms. The number of pyridine rings is 2. The highest BCUT2D eigenvalue weighted by Gasteiger charge is 2.24. The second-order valence-corrected chi connectivity index (χ2v) is 5.99. The first-order chi connectivity index (χ1) is 9.58. The van der Waals surface area contributed by atoms with Crippen LogP contribution in [0, 0.1) is 18.8 Å². The number of H-pyrrole nitrogens is 1. The number of nitrogens with zero attached hydrogens (tertiary/aromatic N) is 1. The van der Waals surface area contributed by atoms with Gasteiger partial charge in [0.05, 0.1) is 5.02 Å². The summed E-state index contributed by atoms with van der Waals surface area (Å²) in [5.41, 5.74) is 2.03. The number of aromatic nitrogens is 2. The molecule has 0 amide bonds. The van der Waals surface area contributed by atoms with Crippen LogP contribution in [-0.2, 0) is 0 Å². The van der Waals surface area contributed by atoms with Crippen molar-refractivity contribution < 1.29 is 0 Å². The molecule has 1 aliphatic rings. The Morgan fingerprint density at radius 1 is 1.45 bits per heavy atom. The number of aromatic amines is 1. The fourth-order valence-electron chi connectivity index (χ4n) is 2.71. The summed E-state index contributed by atoms with van der Waals surface area (Å²) in [6.45, 7) is 4.08. The Balaban J connectivity index is 2.17. The van der Waals surface area contributed by atoms with Gasteiger partial charge in [-0.15, -0.1) is 0 Å². The molecule has 4 heteroatoms. The standard InChI is InChI=1S/C16H17ClN2O/c1-9-3-4-11(9)5-6-12-10(2)16(20)19-15-14(12)13(17)7-8-18-15/h5-9,11H,3-4H2,1-2H3,(H,18,19,20)/b6-5-. The SMILES string of the molecule is Cc1c(/C=C\C2CCC2C)c2c(Cl)ccnc2[nH]c1=O. The largest absolute Gasteiger partial charge is 0.306 e. The molecule has 1 fully saturated rings. The lowest BCUT2D eigenvalue weighted by atomic mass is 9.74. The number of hydrogen-bond acceptors (Lipinski definition) is 2. The summed E-state index contributed by atoms with van der Waals surface area (Å²) in [6, 6.07) is 1.75. The summed E-state index contributed by atoms with van der Waals surface area (Å²) in [5, 5.41) is 1.45. The number of fused-ring (bicyclic) bond motifs is 1. The minimum Gasteiger partial charge on any atom is -0.306 e. The van der Waals surface area contributed by atoms with Gasteiger partial charge >= 0.3 is 0 Å². The first kappa shape index (κ1) is 13.4. The summed E-state index contributed by atoms with van der Waals surface area (Å²) < 4.78 is 0. The van der Waals surface area contributed by atoms with E-state index in [1.54, 1.807) is 12.3 Å². The van der Waals surface area contributed by atoms with Crippen LogP contribution in [0.2, 0.25) is 5.02 Å². The van der Waals surface area contributed by atoms with Gasteiger partial charge in [-0.3, -0.25) is 4.79 Å². The molecule has 20 heavy (non-hydrogen) atoms. The number of rotatable bonds is 2. The van der Waals surface area contributed by atoms with E-state index in [1.807, 2.05) is 13.0 Å². The average Bonchev–Trinajstić information content (AvgIpc) is 2.41. The van der Waals surface area contributed by atoms with Crippen molar-refractivity contribution in [2.45, 2.75) is 26.7 Å². The lowest BCUT2D eigenvalue weighted by molar-refractivity contribution is 0.252. The van der Waals surface area contributed by atoms with E-state index < -0.39 is 0 Å². The van der Waals surface area contributed by atoms with Crippen LogP contribution in [-0.4, -0.2) is 9.97 Å². The highest BCUT2D eigenvalue weighted by molar-refractivity contribution is 6.35. The molecule has 2 unspecified atom stereocenters. The van der Waals surface area contributed by atoms with Crippen LogP contribution < -0.4 is 5.56 Å². The van der Waals surface area contributed by atoms with Gasteiger partial charge in [-0.1, -0.05) is 30.7 Å². The van der Waals surface area contributed by atoms with Crippen LogP contribution >= 0.6 is 11.6 Å². The molecule has 0 radical (unpaired) electrons. The van der Waals surface area contributed by atoms with Crippen molar-refractivity contribution in [1.82, 2.24) is 9.97 Å². The third-order valence-electron chi connectivity index (χ3n) is 4.34. The van der Waals surface area contributed by atoms with Gasteiger partial charge in [-0.25, -0.2) is 4.98 Å². The number of allylic oxidation sites excluding steroid dienone is 1. The van der Waals surface area contributed by atoms with Crippen molar-refractivity contribution in [2.75, 3.05) is 0 Å². The summed E-state index contributed by atoms with van der Waals surface area (Å²) in [7, 11) is 0. The van der Waals surface area contributed by atoms with Gasteiger partial charge in [0.1, 0.15) is 5.65 Å². The molecule has 2 heterocycles. The minimum absolute atomic E-state index is 0.103. The summed E-state index contributed by atoms with van der Waals surface area (Å²) >= 11 is 6.28. The maximum Gasteiger partial charge on any atom is 0.253 e. The van der Waals surface area contributed by atoms with Crippen LogP contribution in [0.4, 0.5) is 0 Å². The van der Waals surface area contributed by atoms with Gasteiger partial charge in [0, 0.05) is 17.1 Å². The molecule has 3 nitrogen and oxygen atoms in total. The second kappa shape index (κ2) is 5.06. The van der Waals surface area contributed by atoms with Crippen molar-refractivity contribution in [2.24, 2.45) is 11.8 Å². The second-order valence-electron chi connectivity index (χ2n) is 5.59. The third-order valence-corrected chi connectivity index (χ3v) is 4.66. The van der Waals surface area contributed by atoms with Crippen LogP contribution in [0.15, 0.2) is 23.1 Å². The Bertz CT molecular complexity index is 748. The Morgan fingerprint density at radius 3 is 2.90 bits per heavy atom. The Hall–Kier alpha value is -1.61. The minimum atomic E-state index is -0.103. The van der Waals surface area contributed by atoms with Crippen LogP contribution in [0.25, 0.3) is 17.1 Å².